The van der Waals surface area contributed by atoms with E-state index >= 15 is 8.78 Å². The van der Waals surface area contributed by atoms with Crippen LogP contribution in [0.15, 0.2) is 157 Å². The highest BCUT2D eigenvalue weighted by Crippen LogP contribution is 2.53. The molecule has 1 unspecified atom stereocenters. The van der Waals surface area contributed by atoms with Crippen LogP contribution >= 0.6 is 7.82 Å². The van der Waals surface area contributed by atoms with Crippen molar-refractivity contribution in [3.63, 3.8) is 0 Å². The number of alkyl halides is 2. The number of phosphoric acid groups is 1. The zero-order valence-corrected chi connectivity index (χ0v) is 40.5. The summed E-state index contributed by atoms with van der Waals surface area (Å²) < 4.78 is 96.7. The summed E-state index contributed by atoms with van der Waals surface area (Å²) in [5, 5.41) is 26.3. The molecule has 0 saturated carbocycles. The monoisotopic (exact) mass is 1020 g/mol. The van der Waals surface area contributed by atoms with Crippen LogP contribution in [0.4, 0.5) is 28.9 Å². The summed E-state index contributed by atoms with van der Waals surface area (Å²) >= 11 is 0. The maximum Gasteiger partial charge on any atom is 0.475 e. The first kappa shape index (κ1) is 50.5. The smallest absolute Gasteiger partial charge is 0.377 e. The number of aliphatic hydroxyl groups is 1. The molecule has 1 N–H and O–H groups in total. The third kappa shape index (κ3) is 11.2. The van der Waals surface area contributed by atoms with E-state index in [-0.39, 0.29) is 13.2 Å². The number of hydrogen-bond acceptors (Lipinski definition) is 14. The number of halogens is 4. The minimum absolute atomic E-state index is 0.0128. The first-order valence-electron chi connectivity index (χ1n) is 23.3. The van der Waals surface area contributed by atoms with Gasteiger partial charge in [0.25, 0.3) is 0 Å². The van der Waals surface area contributed by atoms with Crippen LogP contribution in [0.5, 0.6) is 0 Å². The van der Waals surface area contributed by atoms with Crippen LogP contribution in [0.2, 0.25) is 0 Å². The third-order valence-corrected chi connectivity index (χ3v) is 14.2. The first-order valence-corrected chi connectivity index (χ1v) is 24.8. The lowest BCUT2D eigenvalue weighted by Gasteiger charge is -2.37. The Labute approximate surface area is 416 Å². The summed E-state index contributed by atoms with van der Waals surface area (Å²) in [6.07, 6.45) is 4.94. The number of hydrogen-bond donors (Lipinski definition) is 1. The average Bonchev–Trinajstić information content (AvgIpc) is 4.07. The summed E-state index contributed by atoms with van der Waals surface area (Å²) in [4.78, 5) is 26.9. The highest BCUT2D eigenvalue weighted by Gasteiger charge is 2.58. The molecule has 0 aliphatic carbocycles. The Hall–Kier alpha value is -7.42. The highest BCUT2D eigenvalue weighted by molar-refractivity contribution is 7.48. The molecule has 1 aliphatic rings. The van der Waals surface area contributed by atoms with Crippen molar-refractivity contribution in [1.29, 1.82) is 0 Å². The van der Waals surface area contributed by atoms with Gasteiger partial charge in [-0.3, -0.25) is 18.6 Å². The van der Waals surface area contributed by atoms with E-state index in [1.54, 1.807) is 19.2 Å². The predicted octanol–water partition coefficient (Wildman–Crippen LogP) is 8.66. The molecule has 1 aliphatic heterocycles. The molecular weight excluding hydrogens is 970 g/mol. The van der Waals surface area contributed by atoms with Gasteiger partial charge in [0.2, 0.25) is 0 Å². The van der Waals surface area contributed by atoms with Gasteiger partial charge in [0.1, 0.15) is 35.8 Å². The summed E-state index contributed by atoms with van der Waals surface area (Å²) in [6.45, 7) is 5.30. The Morgan fingerprint density at radius 1 is 0.753 bits per heavy atom. The zero-order valence-electron chi connectivity index (χ0n) is 39.6. The highest BCUT2D eigenvalue weighted by atomic mass is 31.2. The molecule has 3 atom stereocenters. The van der Waals surface area contributed by atoms with Crippen molar-refractivity contribution in [1.82, 2.24) is 44.5 Å². The maximum absolute atomic E-state index is 16.3. The Bertz CT molecular complexity index is 3140. The number of nitrogens with zero attached hydrogens (tertiary/aromatic N) is 11. The first-order chi connectivity index (χ1) is 35.2. The molecule has 1 saturated heterocycles. The Morgan fingerprint density at radius 2 is 1.38 bits per heavy atom. The fourth-order valence-electron chi connectivity index (χ4n) is 8.66. The van der Waals surface area contributed by atoms with E-state index in [1.807, 2.05) is 97.9 Å². The normalized spacial score (nSPS) is 15.0. The zero-order chi connectivity index (χ0) is 51.2. The van der Waals surface area contributed by atoms with E-state index in [2.05, 4.69) is 40.4 Å². The second-order valence-electron chi connectivity index (χ2n) is 17.4. The molecule has 378 valence electrons. The number of pyridine rings is 2. The molecule has 9 rings (SSSR count). The second-order valence-corrected chi connectivity index (χ2v) is 19.0. The molecule has 22 heteroatoms. The quantitative estimate of drug-likeness (QED) is 0.0566. The van der Waals surface area contributed by atoms with E-state index in [4.69, 9.17) is 13.6 Å². The molecule has 0 radical (unpaired) electrons. The van der Waals surface area contributed by atoms with E-state index in [0.717, 1.165) is 51.7 Å². The molecular formula is C51H50F4N11O6P. The number of anilines is 2. The minimum atomic E-state index is -4.19. The number of phosphoric ester groups is 1. The van der Waals surface area contributed by atoms with E-state index in [9.17, 15) is 23.2 Å². The van der Waals surface area contributed by atoms with E-state index < -0.39 is 66.6 Å². The van der Waals surface area contributed by atoms with Crippen molar-refractivity contribution < 1.29 is 40.8 Å². The summed E-state index contributed by atoms with van der Waals surface area (Å²) in [5.74, 6) is -6.19. The maximum atomic E-state index is 16.3. The van der Waals surface area contributed by atoms with Gasteiger partial charge in [-0.25, -0.2) is 37.1 Å². The second kappa shape index (κ2) is 21.7. The van der Waals surface area contributed by atoms with Gasteiger partial charge in [0.15, 0.2) is 5.60 Å². The van der Waals surface area contributed by atoms with Crippen molar-refractivity contribution in [2.45, 2.75) is 63.7 Å². The Balaban J connectivity index is 0.814. The van der Waals surface area contributed by atoms with Crippen molar-refractivity contribution in [3.8, 4) is 16.9 Å². The Kier molecular flexibility index (Phi) is 15.0. The van der Waals surface area contributed by atoms with Gasteiger partial charge in [-0.15, -0.1) is 5.10 Å². The molecule has 73 heavy (non-hydrogen) atoms. The van der Waals surface area contributed by atoms with Crippen LogP contribution in [0.3, 0.4) is 0 Å². The van der Waals surface area contributed by atoms with Crippen molar-refractivity contribution in [2.75, 3.05) is 36.0 Å². The van der Waals surface area contributed by atoms with Gasteiger partial charge >= 0.3 is 19.4 Å². The number of rotatable bonds is 20. The summed E-state index contributed by atoms with van der Waals surface area (Å²) in [5.41, 5.74) is -0.807. The summed E-state index contributed by atoms with van der Waals surface area (Å²) in [7, 11) is -4.16. The lowest BCUT2D eigenvalue weighted by atomic mass is 9.84. The SMILES string of the molecule is CC[C@@H]([C@H](C)OP(=O)(OCc1ccccc1)OCc1ccccc1)n1ncn(-c2ccc(N3CCN(c4ccc(-c5ccc(C(F)(F)C(O)(Cn6cnnn6)c6ccc(F)cc6F)nc5)cc4)CC3)cn2)c1=O. The average molecular weight is 1020 g/mol. The molecule has 8 aromatic rings. The predicted molar refractivity (Wildman–Crippen MR) is 262 cm³/mol. The minimum Gasteiger partial charge on any atom is -0.377 e. The van der Waals surface area contributed by atoms with Crippen LogP contribution in [-0.2, 0) is 49.4 Å². The van der Waals surface area contributed by atoms with Crippen LogP contribution in [-0.4, -0.2) is 81.9 Å². The fraction of sp³-hybridized carbons (Fsp3) is 0.275. The number of tetrazole rings is 1. The number of piperazine rings is 1. The largest absolute Gasteiger partial charge is 0.475 e. The fourth-order valence-corrected chi connectivity index (χ4v) is 10.0. The lowest BCUT2D eigenvalue weighted by molar-refractivity contribution is -0.207. The van der Waals surface area contributed by atoms with Gasteiger partial charge in [-0.05, 0) is 82.9 Å². The van der Waals surface area contributed by atoms with Crippen molar-refractivity contribution >= 4 is 19.2 Å². The molecule has 0 amide bonds. The van der Waals surface area contributed by atoms with Gasteiger partial charge in [-0.1, -0.05) is 85.8 Å². The molecule has 0 bridgehead atoms. The summed E-state index contributed by atoms with van der Waals surface area (Å²) in [6, 6.07) is 33.5. The van der Waals surface area contributed by atoms with Gasteiger partial charge in [0, 0.05) is 55.3 Å². The van der Waals surface area contributed by atoms with Crippen molar-refractivity contribution in [3.05, 3.63) is 197 Å². The van der Waals surface area contributed by atoms with Crippen LogP contribution in [0, 0.1) is 11.6 Å². The van der Waals surface area contributed by atoms with Crippen molar-refractivity contribution in [2.24, 2.45) is 0 Å². The molecule has 4 aromatic heterocycles. The lowest BCUT2D eigenvalue weighted by Crippen LogP contribution is -2.48. The Morgan fingerprint density at radius 3 is 1.95 bits per heavy atom. The topological polar surface area (TPSA) is 181 Å². The molecule has 17 nitrogen and oxygen atoms in total. The van der Waals surface area contributed by atoms with Crippen LogP contribution in [0.1, 0.15) is 48.7 Å². The van der Waals surface area contributed by atoms with Gasteiger partial charge in [0.05, 0.1) is 43.8 Å². The van der Waals surface area contributed by atoms with Crippen LogP contribution < -0.4 is 15.5 Å². The molecule has 0 spiro atoms. The van der Waals surface area contributed by atoms with Gasteiger partial charge in [-0.2, -0.15) is 13.9 Å². The standard InChI is InChI=1S/C51H50F4N11O6P/c1-3-46(36(2)72-73(69,70-31-37-10-6-4-7-11-37)71-32-38-12-8-5-9-13-38)66-49(67)65(35-59-66)48-23-20-43(30-57-48)63-26-24-62(25-27-63)42-18-14-39(15-19-42)40-16-22-47(56-29-40)51(54,55)50(68,33-64-34-58-60-61-64)44-21-17-41(52)28-45(44)53/h4-23,28-30,34-36,46,68H,3,24-27,31-33H2,1-2H3/t36-,46-,50?/m0/s1. The molecule has 5 heterocycles. The third-order valence-electron chi connectivity index (χ3n) is 12.7. The van der Waals surface area contributed by atoms with E-state index in [1.165, 1.54) is 27.8 Å². The van der Waals surface area contributed by atoms with Crippen LogP contribution in [0.25, 0.3) is 16.9 Å². The molecule has 4 aromatic carbocycles. The number of aromatic nitrogens is 9. The van der Waals surface area contributed by atoms with E-state index in [0.29, 0.717) is 55.6 Å². The van der Waals surface area contributed by atoms with Gasteiger partial charge < -0.3 is 14.9 Å². The number of benzene rings is 4. The molecule has 1 fully saturated rings.